The van der Waals surface area contributed by atoms with Crippen LogP contribution in [0.4, 0.5) is 4.79 Å². The smallest absolute Gasteiger partial charge is 0.497 e. The molecule has 26 heavy (non-hydrogen) atoms. The molecule has 7 nitrogen and oxygen atoms in total. The zero-order chi connectivity index (χ0) is 17.9. The largest absolute Gasteiger partial charge is 0.506 e. The van der Waals surface area contributed by atoms with Crippen LogP contribution in [0.1, 0.15) is 29.9 Å². The number of hydrogen-bond donors (Lipinski definition) is 1. The van der Waals surface area contributed by atoms with Crippen molar-refractivity contribution in [2.75, 3.05) is 27.0 Å². The molecule has 0 amide bonds. The molecule has 1 saturated heterocycles. The van der Waals surface area contributed by atoms with E-state index >= 15 is 0 Å². The Bertz CT molecular complexity index is 805. The van der Waals surface area contributed by atoms with E-state index in [4.69, 9.17) is 18.9 Å². The molecule has 0 saturated carbocycles. The van der Waals surface area contributed by atoms with Crippen LogP contribution in [-0.2, 0) is 15.9 Å². The van der Waals surface area contributed by atoms with Gasteiger partial charge in [-0.1, -0.05) is 0 Å². The summed E-state index contributed by atoms with van der Waals surface area (Å²) < 4.78 is 22.0. The Hall–Kier alpha value is -2.41. The summed E-state index contributed by atoms with van der Waals surface area (Å²) in [5, 5.41) is 9.33. The van der Waals surface area contributed by atoms with Crippen LogP contribution in [-0.4, -0.2) is 54.8 Å². The van der Waals surface area contributed by atoms with E-state index in [2.05, 4.69) is 11.0 Å². The van der Waals surface area contributed by atoms with Gasteiger partial charge in [-0.15, -0.1) is 0 Å². The predicted octanol–water partition coefficient (Wildman–Crippen LogP) is 2.50. The molecule has 3 aliphatic heterocycles. The lowest BCUT2D eigenvalue weighted by atomic mass is 9.77. The normalized spacial score (nSPS) is 31.5. The van der Waals surface area contributed by atoms with Crippen LogP contribution in [0.3, 0.4) is 0 Å². The molecule has 1 N–H and O–H groups in total. The first-order chi connectivity index (χ1) is 12.6. The Labute approximate surface area is 151 Å². The third kappa shape index (κ3) is 2.06. The standard InChI is InChI=1S/C19H21NO6/c1-23-15-9-19-4-2-5-20(19)6-3-11-7-13-14(25-10-24-13)8-12(11)16(19)17(15)26-18(21)22/h7-9,16-17H,2-6,10H2,1H3,(H,21,22)/t16-,17-,19+/m1/s1. The number of nitrogens with zero attached hydrogens (tertiary/aromatic N) is 1. The average Bonchev–Trinajstić information content (AvgIpc) is 3.28. The van der Waals surface area contributed by atoms with Crippen molar-refractivity contribution in [2.45, 2.75) is 36.8 Å². The summed E-state index contributed by atoms with van der Waals surface area (Å²) >= 11 is 0. The molecule has 3 heterocycles. The summed E-state index contributed by atoms with van der Waals surface area (Å²) in [5.74, 6) is 1.91. The Morgan fingerprint density at radius 3 is 2.88 bits per heavy atom. The Kier molecular flexibility index (Phi) is 3.37. The summed E-state index contributed by atoms with van der Waals surface area (Å²) in [6, 6.07) is 4.05. The zero-order valence-corrected chi connectivity index (χ0v) is 14.6. The van der Waals surface area contributed by atoms with Crippen molar-refractivity contribution >= 4 is 6.16 Å². The van der Waals surface area contributed by atoms with Gasteiger partial charge in [-0.05, 0) is 55.1 Å². The molecule has 0 radical (unpaired) electrons. The Morgan fingerprint density at radius 1 is 1.31 bits per heavy atom. The second kappa shape index (κ2) is 5.54. The third-order valence-electron chi connectivity index (χ3n) is 6.19. The highest BCUT2D eigenvalue weighted by atomic mass is 16.7. The maximum absolute atomic E-state index is 11.4. The van der Waals surface area contributed by atoms with Crippen LogP contribution < -0.4 is 9.47 Å². The van der Waals surface area contributed by atoms with Crippen molar-refractivity contribution in [1.82, 2.24) is 4.90 Å². The highest BCUT2D eigenvalue weighted by molar-refractivity contribution is 5.60. The SMILES string of the molecule is COC1=C[C@]23CCCN2CCc2cc4c(cc2[C@@H]3[C@@H]1OC(=O)O)OCO4. The fourth-order valence-corrected chi connectivity index (χ4v) is 5.20. The molecule has 1 aromatic carbocycles. The number of methoxy groups -OCH3 is 1. The maximum atomic E-state index is 11.4. The minimum absolute atomic E-state index is 0.150. The van der Waals surface area contributed by atoms with E-state index in [1.165, 1.54) is 0 Å². The molecule has 7 heteroatoms. The van der Waals surface area contributed by atoms with Gasteiger partial charge in [0.2, 0.25) is 6.79 Å². The predicted molar refractivity (Wildman–Crippen MR) is 90.5 cm³/mol. The minimum Gasteiger partial charge on any atom is -0.497 e. The van der Waals surface area contributed by atoms with Gasteiger partial charge in [0, 0.05) is 6.54 Å². The minimum atomic E-state index is -1.29. The van der Waals surface area contributed by atoms with Crippen molar-refractivity contribution in [1.29, 1.82) is 0 Å². The van der Waals surface area contributed by atoms with Crippen molar-refractivity contribution in [3.8, 4) is 11.5 Å². The number of ether oxygens (including phenoxy) is 4. The molecule has 0 bridgehead atoms. The van der Waals surface area contributed by atoms with Crippen LogP contribution in [0.5, 0.6) is 11.5 Å². The highest BCUT2D eigenvalue weighted by Gasteiger charge is 2.58. The van der Waals surface area contributed by atoms with Crippen LogP contribution in [0.2, 0.25) is 0 Å². The van der Waals surface area contributed by atoms with E-state index in [0.717, 1.165) is 49.2 Å². The van der Waals surface area contributed by atoms with Crippen LogP contribution >= 0.6 is 0 Å². The van der Waals surface area contributed by atoms with Gasteiger partial charge in [0.15, 0.2) is 17.6 Å². The Balaban J connectivity index is 1.69. The molecule has 1 fully saturated rings. The monoisotopic (exact) mass is 359 g/mol. The van der Waals surface area contributed by atoms with E-state index in [1.54, 1.807) is 7.11 Å². The third-order valence-corrected chi connectivity index (χ3v) is 6.19. The molecule has 0 unspecified atom stereocenters. The molecular formula is C19H21NO6. The average molecular weight is 359 g/mol. The first-order valence-corrected chi connectivity index (χ1v) is 8.96. The van der Waals surface area contributed by atoms with E-state index in [0.29, 0.717) is 11.5 Å². The van der Waals surface area contributed by atoms with Gasteiger partial charge in [0.1, 0.15) is 5.76 Å². The van der Waals surface area contributed by atoms with Crippen LogP contribution in [0, 0.1) is 0 Å². The van der Waals surface area contributed by atoms with E-state index in [1.807, 2.05) is 12.1 Å². The van der Waals surface area contributed by atoms with Crippen molar-refractivity contribution < 1.29 is 28.8 Å². The van der Waals surface area contributed by atoms with Crippen molar-refractivity contribution in [3.63, 3.8) is 0 Å². The lowest BCUT2D eigenvalue weighted by Crippen LogP contribution is -2.47. The molecule has 1 spiro atoms. The molecule has 4 aliphatic rings. The molecule has 0 aromatic heterocycles. The second-order valence-corrected chi connectivity index (χ2v) is 7.27. The fourth-order valence-electron chi connectivity index (χ4n) is 5.20. The van der Waals surface area contributed by atoms with Gasteiger partial charge in [0.25, 0.3) is 0 Å². The molecular weight excluding hydrogens is 338 g/mol. The number of fused-ring (bicyclic) bond motifs is 3. The summed E-state index contributed by atoms with van der Waals surface area (Å²) in [6.45, 7) is 2.12. The molecule has 1 aliphatic carbocycles. The quantitative estimate of drug-likeness (QED) is 0.813. The van der Waals surface area contributed by atoms with Gasteiger partial charge in [-0.25, -0.2) is 4.79 Å². The fraction of sp³-hybridized carbons (Fsp3) is 0.526. The second-order valence-electron chi connectivity index (χ2n) is 7.27. The molecule has 138 valence electrons. The van der Waals surface area contributed by atoms with E-state index in [-0.39, 0.29) is 18.2 Å². The lowest BCUT2D eigenvalue weighted by Gasteiger charge is -2.38. The topological polar surface area (TPSA) is 77.5 Å². The first-order valence-electron chi connectivity index (χ1n) is 8.96. The van der Waals surface area contributed by atoms with Crippen LogP contribution in [0.25, 0.3) is 0 Å². The van der Waals surface area contributed by atoms with Crippen molar-refractivity contribution in [2.24, 2.45) is 0 Å². The summed E-state index contributed by atoms with van der Waals surface area (Å²) in [4.78, 5) is 13.9. The highest BCUT2D eigenvalue weighted by Crippen LogP contribution is 2.55. The van der Waals surface area contributed by atoms with E-state index in [9.17, 15) is 9.90 Å². The molecule has 5 rings (SSSR count). The van der Waals surface area contributed by atoms with E-state index < -0.39 is 12.3 Å². The lowest BCUT2D eigenvalue weighted by molar-refractivity contribution is 0.0214. The summed E-state index contributed by atoms with van der Waals surface area (Å²) in [5.41, 5.74) is 1.97. The summed E-state index contributed by atoms with van der Waals surface area (Å²) in [6.07, 6.45) is 3.07. The van der Waals surface area contributed by atoms with Gasteiger partial charge in [-0.2, -0.15) is 0 Å². The van der Waals surface area contributed by atoms with Gasteiger partial charge >= 0.3 is 6.16 Å². The van der Waals surface area contributed by atoms with Gasteiger partial charge in [0.05, 0.1) is 18.6 Å². The number of rotatable bonds is 2. The first kappa shape index (κ1) is 15.8. The zero-order valence-electron chi connectivity index (χ0n) is 14.6. The number of carboxylic acid groups (broad SMARTS) is 1. The van der Waals surface area contributed by atoms with Gasteiger partial charge in [-0.3, -0.25) is 4.90 Å². The van der Waals surface area contributed by atoms with Crippen LogP contribution in [0.15, 0.2) is 24.0 Å². The maximum Gasteiger partial charge on any atom is 0.506 e. The van der Waals surface area contributed by atoms with Crippen molar-refractivity contribution in [3.05, 3.63) is 35.1 Å². The number of hydrogen-bond acceptors (Lipinski definition) is 6. The molecule has 1 aromatic rings. The number of benzene rings is 1. The number of carbonyl (C=O) groups is 1. The Morgan fingerprint density at radius 2 is 2.12 bits per heavy atom. The van der Waals surface area contributed by atoms with Gasteiger partial charge < -0.3 is 24.1 Å². The summed E-state index contributed by atoms with van der Waals surface area (Å²) in [7, 11) is 1.58. The molecule has 3 atom stereocenters.